The summed E-state index contributed by atoms with van der Waals surface area (Å²) in [6.45, 7) is 1.72. The zero-order chi connectivity index (χ0) is 13.0. The monoisotopic (exact) mass is 246 g/mol. The van der Waals surface area contributed by atoms with Crippen molar-refractivity contribution < 1.29 is 13.7 Å². The van der Waals surface area contributed by atoms with Crippen LogP contribution in [0.2, 0.25) is 0 Å². The lowest BCUT2D eigenvalue weighted by Crippen LogP contribution is -2.07. The van der Waals surface area contributed by atoms with Gasteiger partial charge in [-0.3, -0.25) is 4.79 Å². The van der Waals surface area contributed by atoms with Crippen molar-refractivity contribution in [3.8, 4) is 0 Å². The van der Waals surface area contributed by atoms with Gasteiger partial charge in [0.15, 0.2) is 5.82 Å². The molecule has 0 spiro atoms. The van der Waals surface area contributed by atoms with E-state index in [9.17, 15) is 9.18 Å². The van der Waals surface area contributed by atoms with E-state index in [0.717, 1.165) is 0 Å². The van der Waals surface area contributed by atoms with Crippen LogP contribution in [0.15, 0.2) is 40.9 Å². The van der Waals surface area contributed by atoms with Gasteiger partial charge >= 0.3 is 0 Å². The summed E-state index contributed by atoms with van der Waals surface area (Å²) >= 11 is 0. The Morgan fingerprint density at radius 3 is 2.89 bits per heavy atom. The second-order valence-corrected chi connectivity index (χ2v) is 3.67. The Kier molecular flexibility index (Phi) is 3.52. The maximum Gasteiger partial charge on any atom is 0.249 e. The topological polar surface area (TPSA) is 55.1 Å². The molecule has 2 rings (SSSR count). The standard InChI is InChI=1S/C13H11FN2O2/c1-9-8-12(16-18-9)15-13(17)7-6-10-4-2-3-5-11(10)14/h2-8H,1H3,(H,15,16,17). The number of nitrogens with zero attached hydrogens (tertiary/aromatic N) is 1. The minimum absolute atomic E-state index is 0.329. The molecule has 18 heavy (non-hydrogen) atoms. The number of carbonyl (C=O) groups excluding carboxylic acids is 1. The summed E-state index contributed by atoms with van der Waals surface area (Å²) in [4.78, 5) is 11.5. The Bertz CT molecular complexity index is 590. The lowest BCUT2D eigenvalue weighted by molar-refractivity contribution is -0.111. The first-order chi connectivity index (χ1) is 8.65. The quantitative estimate of drug-likeness (QED) is 0.847. The smallest absolute Gasteiger partial charge is 0.249 e. The average Bonchev–Trinajstić information content (AvgIpc) is 2.74. The van der Waals surface area contributed by atoms with Crippen LogP contribution in [0.3, 0.4) is 0 Å². The molecule has 0 bridgehead atoms. The molecule has 1 amide bonds. The van der Waals surface area contributed by atoms with E-state index >= 15 is 0 Å². The highest BCUT2D eigenvalue weighted by atomic mass is 19.1. The Morgan fingerprint density at radius 2 is 2.22 bits per heavy atom. The van der Waals surface area contributed by atoms with Gasteiger partial charge in [-0.1, -0.05) is 23.4 Å². The Balaban J connectivity index is 2.01. The van der Waals surface area contributed by atoms with Crippen LogP contribution in [0.4, 0.5) is 10.2 Å². The molecule has 0 aliphatic heterocycles. The Hall–Kier alpha value is -2.43. The molecule has 0 unspecified atom stereocenters. The van der Waals surface area contributed by atoms with E-state index in [0.29, 0.717) is 17.1 Å². The van der Waals surface area contributed by atoms with E-state index in [2.05, 4.69) is 10.5 Å². The highest BCUT2D eigenvalue weighted by molar-refractivity contribution is 6.01. The predicted octanol–water partition coefficient (Wildman–Crippen LogP) is 2.77. The summed E-state index contributed by atoms with van der Waals surface area (Å²) in [6.07, 6.45) is 2.64. The van der Waals surface area contributed by atoms with Crippen LogP contribution in [-0.4, -0.2) is 11.1 Å². The van der Waals surface area contributed by atoms with Crippen LogP contribution in [0.1, 0.15) is 11.3 Å². The van der Waals surface area contributed by atoms with Crippen molar-refractivity contribution in [3.63, 3.8) is 0 Å². The lowest BCUT2D eigenvalue weighted by Gasteiger charge is -1.96. The molecule has 0 aliphatic rings. The van der Waals surface area contributed by atoms with E-state index < -0.39 is 5.91 Å². The van der Waals surface area contributed by atoms with Crippen molar-refractivity contribution in [1.29, 1.82) is 0 Å². The largest absolute Gasteiger partial charge is 0.360 e. The van der Waals surface area contributed by atoms with Crippen LogP contribution in [-0.2, 0) is 4.79 Å². The minimum Gasteiger partial charge on any atom is -0.360 e. The van der Waals surface area contributed by atoms with E-state index in [1.165, 1.54) is 18.2 Å². The first-order valence-corrected chi connectivity index (χ1v) is 5.32. The van der Waals surface area contributed by atoms with Gasteiger partial charge in [-0.05, 0) is 19.1 Å². The number of rotatable bonds is 3. The predicted molar refractivity (Wildman–Crippen MR) is 65.3 cm³/mol. The number of aromatic nitrogens is 1. The second-order valence-electron chi connectivity index (χ2n) is 3.67. The molecule has 0 atom stereocenters. The first kappa shape index (κ1) is 12.0. The lowest BCUT2D eigenvalue weighted by atomic mass is 10.2. The maximum atomic E-state index is 13.3. The third kappa shape index (κ3) is 3.04. The van der Waals surface area contributed by atoms with Gasteiger partial charge in [0.2, 0.25) is 5.91 Å². The average molecular weight is 246 g/mol. The van der Waals surface area contributed by atoms with Crippen LogP contribution in [0.25, 0.3) is 6.08 Å². The van der Waals surface area contributed by atoms with E-state index in [1.54, 1.807) is 31.2 Å². The molecule has 5 heteroatoms. The fraction of sp³-hybridized carbons (Fsp3) is 0.0769. The zero-order valence-corrected chi connectivity index (χ0v) is 9.68. The van der Waals surface area contributed by atoms with Crippen LogP contribution in [0.5, 0.6) is 0 Å². The number of benzene rings is 1. The van der Waals surface area contributed by atoms with E-state index in [1.807, 2.05) is 0 Å². The fourth-order valence-corrected chi connectivity index (χ4v) is 1.37. The van der Waals surface area contributed by atoms with Crippen molar-refractivity contribution in [2.24, 2.45) is 0 Å². The number of nitrogens with one attached hydrogen (secondary N) is 1. The summed E-state index contributed by atoms with van der Waals surface area (Å²) in [5.41, 5.74) is 0.351. The van der Waals surface area contributed by atoms with Gasteiger partial charge in [-0.25, -0.2) is 4.39 Å². The molecule has 0 radical (unpaired) electrons. The molecule has 1 N–H and O–H groups in total. The van der Waals surface area contributed by atoms with Crippen molar-refractivity contribution in [2.45, 2.75) is 6.92 Å². The SMILES string of the molecule is Cc1cc(NC(=O)C=Cc2ccccc2F)no1. The van der Waals surface area contributed by atoms with Gasteiger partial charge in [-0.15, -0.1) is 0 Å². The molecular formula is C13H11FN2O2. The molecule has 1 aromatic carbocycles. The van der Waals surface area contributed by atoms with Crippen LogP contribution < -0.4 is 5.32 Å². The molecule has 92 valence electrons. The number of carbonyl (C=O) groups is 1. The van der Waals surface area contributed by atoms with Gasteiger partial charge < -0.3 is 9.84 Å². The summed E-state index contributed by atoms with van der Waals surface area (Å²) < 4.78 is 18.1. The van der Waals surface area contributed by atoms with Gasteiger partial charge in [-0.2, -0.15) is 0 Å². The summed E-state index contributed by atoms with van der Waals surface area (Å²) in [6, 6.07) is 7.79. The van der Waals surface area contributed by atoms with Gasteiger partial charge in [0.05, 0.1) is 0 Å². The minimum atomic E-state index is -0.397. The fourth-order valence-electron chi connectivity index (χ4n) is 1.37. The molecule has 0 saturated heterocycles. The third-order valence-corrected chi connectivity index (χ3v) is 2.20. The second kappa shape index (κ2) is 5.27. The summed E-state index contributed by atoms with van der Waals surface area (Å²) in [5.74, 6) is 0.157. The van der Waals surface area contributed by atoms with Crippen molar-refractivity contribution in [1.82, 2.24) is 5.16 Å². The number of hydrogen-bond donors (Lipinski definition) is 1. The molecule has 0 aliphatic carbocycles. The highest BCUT2D eigenvalue weighted by Crippen LogP contribution is 2.09. The van der Waals surface area contributed by atoms with Crippen molar-refractivity contribution >= 4 is 17.8 Å². The molecule has 0 saturated carbocycles. The first-order valence-electron chi connectivity index (χ1n) is 5.32. The number of anilines is 1. The van der Waals surface area contributed by atoms with Crippen LogP contribution >= 0.6 is 0 Å². The number of aryl methyl sites for hydroxylation is 1. The summed E-state index contributed by atoms with van der Waals surface area (Å²) in [5, 5.41) is 6.11. The zero-order valence-electron chi connectivity index (χ0n) is 9.68. The molecule has 2 aromatic rings. The van der Waals surface area contributed by atoms with E-state index in [-0.39, 0.29) is 5.82 Å². The van der Waals surface area contributed by atoms with Crippen molar-refractivity contribution in [3.05, 3.63) is 53.5 Å². The third-order valence-electron chi connectivity index (χ3n) is 2.20. The normalized spacial score (nSPS) is 10.8. The Labute approximate surface area is 103 Å². The van der Waals surface area contributed by atoms with Gasteiger partial charge in [0.25, 0.3) is 0 Å². The van der Waals surface area contributed by atoms with Gasteiger partial charge in [0, 0.05) is 17.7 Å². The van der Waals surface area contributed by atoms with E-state index in [4.69, 9.17) is 4.52 Å². The highest BCUT2D eigenvalue weighted by Gasteiger charge is 2.03. The molecule has 0 fully saturated rings. The Morgan fingerprint density at radius 1 is 1.44 bits per heavy atom. The molecule has 1 heterocycles. The molecule has 4 nitrogen and oxygen atoms in total. The van der Waals surface area contributed by atoms with Crippen LogP contribution in [0, 0.1) is 12.7 Å². The molecular weight excluding hydrogens is 235 g/mol. The number of hydrogen-bond acceptors (Lipinski definition) is 3. The molecule has 1 aromatic heterocycles. The van der Waals surface area contributed by atoms with Crippen molar-refractivity contribution in [2.75, 3.05) is 5.32 Å². The number of halogens is 1. The summed E-state index contributed by atoms with van der Waals surface area (Å²) in [7, 11) is 0. The van der Waals surface area contributed by atoms with Gasteiger partial charge in [0.1, 0.15) is 11.6 Å². The maximum absolute atomic E-state index is 13.3. The number of amides is 1.